The zero-order valence-corrected chi connectivity index (χ0v) is 13.2. The predicted molar refractivity (Wildman–Crippen MR) is 95.0 cm³/mol. The molecule has 23 heavy (non-hydrogen) atoms. The second-order valence-electron chi connectivity index (χ2n) is 5.54. The molecule has 114 valence electrons. The van der Waals surface area contributed by atoms with E-state index in [1.165, 1.54) is 5.56 Å². The Hall–Kier alpha value is -2.87. The Balaban J connectivity index is 1.84. The van der Waals surface area contributed by atoms with Gasteiger partial charge >= 0.3 is 0 Å². The summed E-state index contributed by atoms with van der Waals surface area (Å²) in [6.07, 6.45) is 3.47. The van der Waals surface area contributed by atoms with Gasteiger partial charge in [0.1, 0.15) is 5.75 Å². The van der Waals surface area contributed by atoms with E-state index in [0.29, 0.717) is 5.56 Å². The summed E-state index contributed by atoms with van der Waals surface area (Å²) in [5.74, 6) is 0.819. The summed E-state index contributed by atoms with van der Waals surface area (Å²) in [5, 5.41) is 2.09. The highest BCUT2D eigenvalue weighted by Crippen LogP contribution is 2.22. The lowest BCUT2D eigenvalue weighted by Crippen LogP contribution is -1.94. The zero-order valence-electron chi connectivity index (χ0n) is 13.2. The van der Waals surface area contributed by atoms with Crippen LogP contribution in [0.4, 0.5) is 0 Å². The van der Waals surface area contributed by atoms with E-state index < -0.39 is 0 Å². The number of hydrogen-bond donors (Lipinski definition) is 0. The van der Waals surface area contributed by atoms with Gasteiger partial charge in [0.2, 0.25) is 0 Å². The molecule has 0 saturated heterocycles. The predicted octanol–water partition coefficient (Wildman–Crippen LogP) is 5.05. The smallest absolute Gasteiger partial charge is 0.185 e. The molecule has 0 unspecified atom stereocenters. The van der Waals surface area contributed by atoms with E-state index in [9.17, 15) is 4.79 Å². The van der Waals surface area contributed by atoms with Gasteiger partial charge in [0.15, 0.2) is 5.78 Å². The Labute approximate surface area is 136 Å². The SMILES string of the molecule is COc1ccc2cc(C(=O)/C=C/c3ccc(C)cc3)ccc2c1. The van der Waals surface area contributed by atoms with Crippen molar-refractivity contribution in [2.24, 2.45) is 0 Å². The van der Waals surface area contributed by atoms with Crippen molar-refractivity contribution in [3.05, 3.63) is 83.4 Å². The number of ether oxygens (including phenoxy) is 1. The second kappa shape index (κ2) is 6.49. The molecule has 0 heterocycles. The van der Waals surface area contributed by atoms with E-state index in [4.69, 9.17) is 4.74 Å². The monoisotopic (exact) mass is 302 g/mol. The van der Waals surface area contributed by atoms with Crippen molar-refractivity contribution < 1.29 is 9.53 Å². The average Bonchev–Trinajstić information content (AvgIpc) is 2.60. The molecule has 2 heteroatoms. The van der Waals surface area contributed by atoms with Crippen LogP contribution in [0.2, 0.25) is 0 Å². The standard InChI is InChI=1S/C21H18O2/c1-15-3-5-16(6-4-15)7-12-21(22)19-9-8-18-14-20(23-2)11-10-17(18)13-19/h3-14H,1-2H3/b12-7+. The number of carbonyl (C=O) groups excluding carboxylic acids is 1. The Morgan fingerprint density at radius 1 is 0.913 bits per heavy atom. The van der Waals surface area contributed by atoms with E-state index >= 15 is 0 Å². The number of allylic oxidation sites excluding steroid dienone is 1. The summed E-state index contributed by atoms with van der Waals surface area (Å²) >= 11 is 0. The Bertz CT molecular complexity index is 874. The normalized spacial score (nSPS) is 11.0. The van der Waals surface area contributed by atoms with Crippen LogP contribution in [-0.4, -0.2) is 12.9 Å². The third kappa shape index (κ3) is 3.49. The summed E-state index contributed by atoms with van der Waals surface area (Å²) in [6.45, 7) is 2.04. The van der Waals surface area contributed by atoms with Gasteiger partial charge in [0.25, 0.3) is 0 Å². The van der Waals surface area contributed by atoms with Gasteiger partial charge in [-0.15, -0.1) is 0 Å². The molecule has 0 atom stereocenters. The number of methoxy groups -OCH3 is 1. The molecule has 3 aromatic carbocycles. The van der Waals surface area contributed by atoms with Gasteiger partial charge in [0.05, 0.1) is 7.11 Å². The average molecular weight is 302 g/mol. The van der Waals surface area contributed by atoms with Gasteiger partial charge in [-0.2, -0.15) is 0 Å². The molecule has 2 nitrogen and oxygen atoms in total. The van der Waals surface area contributed by atoms with Gasteiger partial charge in [-0.05, 0) is 47.5 Å². The molecule has 0 radical (unpaired) electrons. The molecular weight excluding hydrogens is 284 g/mol. The van der Waals surface area contributed by atoms with Crippen LogP contribution in [0.3, 0.4) is 0 Å². The third-order valence-corrected chi connectivity index (χ3v) is 3.84. The third-order valence-electron chi connectivity index (χ3n) is 3.84. The molecule has 3 aromatic rings. The van der Waals surface area contributed by atoms with E-state index in [2.05, 4.69) is 0 Å². The van der Waals surface area contributed by atoms with Crippen LogP contribution >= 0.6 is 0 Å². The van der Waals surface area contributed by atoms with Crippen molar-refractivity contribution in [2.45, 2.75) is 6.92 Å². The number of ketones is 1. The molecule has 0 aromatic heterocycles. The van der Waals surface area contributed by atoms with Crippen molar-refractivity contribution in [1.29, 1.82) is 0 Å². The lowest BCUT2D eigenvalue weighted by molar-refractivity contribution is 0.104. The highest BCUT2D eigenvalue weighted by molar-refractivity contribution is 6.08. The highest BCUT2D eigenvalue weighted by atomic mass is 16.5. The minimum absolute atomic E-state index is 0.00305. The van der Waals surface area contributed by atoms with Gasteiger partial charge in [0, 0.05) is 5.56 Å². The number of fused-ring (bicyclic) bond motifs is 1. The van der Waals surface area contributed by atoms with Crippen LogP contribution in [-0.2, 0) is 0 Å². The molecule has 0 amide bonds. The summed E-state index contributed by atoms with van der Waals surface area (Å²) in [5.41, 5.74) is 2.92. The topological polar surface area (TPSA) is 26.3 Å². The summed E-state index contributed by atoms with van der Waals surface area (Å²) < 4.78 is 5.22. The van der Waals surface area contributed by atoms with Crippen LogP contribution < -0.4 is 4.74 Å². The van der Waals surface area contributed by atoms with Gasteiger partial charge in [-0.1, -0.05) is 54.1 Å². The maximum Gasteiger partial charge on any atom is 0.185 e. The number of hydrogen-bond acceptors (Lipinski definition) is 2. The highest BCUT2D eigenvalue weighted by Gasteiger charge is 2.04. The zero-order chi connectivity index (χ0) is 16.2. The first-order valence-corrected chi connectivity index (χ1v) is 7.52. The van der Waals surface area contributed by atoms with Crippen LogP contribution in [0.25, 0.3) is 16.8 Å². The van der Waals surface area contributed by atoms with E-state index in [0.717, 1.165) is 22.1 Å². The molecule has 0 fully saturated rings. The molecule has 3 rings (SSSR count). The van der Waals surface area contributed by atoms with Crippen molar-refractivity contribution in [3.63, 3.8) is 0 Å². The molecule has 0 aliphatic rings. The van der Waals surface area contributed by atoms with E-state index in [-0.39, 0.29) is 5.78 Å². The van der Waals surface area contributed by atoms with Crippen LogP contribution in [0.15, 0.2) is 66.7 Å². The molecule has 0 N–H and O–H groups in total. The van der Waals surface area contributed by atoms with Crippen LogP contribution in [0.5, 0.6) is 5.75 Å². The fourth-order valence-electron chi connectivity index (χ4n) is 2.45. The van der Waals surface area contributed by atoms with Gasteiger partial charge in [-0.3, -0.25) is 4.79 Å². The molecule has 0 aliphatic heterocycles. The van der Waals surface area contributed by atoms with Crippen molar-refractivity contribution in [1.82, 2.24) is 0 Å². The second-order valence-corrected chi connectivity index (χ2v) is 5.54. The molecule has 0 saturated carbocycles. The van der Waals surface area contributed by atoms with Crippen molar-refractivity contribution in [3.8, 4) is 5.75 Å². The number of rotatable bonds is 4. The number of benzene rings is 3. The number of aryl methyl sites for hydroxylation is 1. The lowest BCUT2D eigenvalue weighted by Gasteiger charge is -2.04. The lowest BCUT2D eigenvalue weighted by atomic mass is 10.0. The van der Waals surface area contributed by atoms with E-state index in [1.54, 1.807) is 13.2 Å². The minimum Gasteiger partial charge on any atom is -0.497 e. The Kier molecular flexibility index (Phi) is 4.24. The summed E-state index contributed by atoms with van der Waals surface area (Å²) in [7, 11) is 1.65. The first kappa shape index (κ1) is 15.0. The van der Waals surface area contributed by atoms with Crippen LogP contribution in [0.1, 0.15) is 21.5 Å². The van der Waals surface area contributed by atoms with E-state index in [1.807, 2.05) is 73.7 Å². The molecule has 0 aliphatic carbocycles. The van der Waals surface area contributed by atoms with Crippen molar-refractivity contribution >= 4 is 22.6 Å². The van der Waals surface area contributed by atoms with Gasteiger partial charge in [-0.25, -0.2) is 0 Å². The summed E-state index contributed by atoms with van der Waals surface area (Å²) in [6, 6.07) is 19.6. The first-order valence-electron chi connectivity index (χ1n) is 7.52. The fourth-order valence-corrected chi connectivity index (χ4v) is 2.45. The van der Waals surface area contributed by atoms with Crippen LogP contribution in [0, 0.1) is 6.92 Å². The fraction of sp³-hybridized carbons (Fsp3) is 0.0952. The maximum absolute atomic E-state index is 12.3. The Morgan fingerprint density at radius 3 is 2.35 bits per heavy atom. The minimum atomic E-state index is 0.00305. The summed E-state index contributed by atoms with van der Waals surface area (Å²) in [4.78, 5) is 12.3. The molecular formula is C21H18O2. The number of carbonyl (C=O) groups is 1. The largest absolute Gasteiger partial charge is 0.497 e. The molecule has 0 bridgehead atoms. The molecule has 0 spiro atoms. The van der Waals surface area contributed by atoms with Crippen molar-refractivity contribution in [2.75, 3.05) is 7.11 Å². The Morgan fingerprint density at radius 2 is 1.61 bits per heavy atom. The first-order chi connectivity index (χ1) is 11.2. The maximum atomic E-state index is 12.3. The van der Waals surface area contributed by atoms with Gasteiger partial charge < -0.3 is 4.74 Å². The quantitative estimate of drug-likeness (QED) is 0.498.